The van der Waals surface area contributed by atoms with Crippen LogP contribution in [0.15, 0.2) is 65.3 Å². The van der Waals surface area contributed by atoms with Gasteiger partial charge in [-0.25, -0.2) is 0 Å². The highest BCUT2D eigenvalue weighted by Crippen LogP contribution is 2.25. The van der Waals surface area contributed by atoms with Gasteiger partial charge in [-0.2, -0.15) is 0 Å². The zero-order valence-electron chi connectivity index (χ0n) is 16.6. The van der Waals surface area contributed by atoms with Gasteiger partial charge in [-0.05, 0) is 54.4 Å². The molecule has 2 aromatic carbocycles. The lowest BCUT2D eigenvalue weighted by molar-refractivity contribution is 0.0944. The van der Waals surface area contributed by atoms with E-state index in [-0.39, 0.29) is 23.0 Å². The Bertz CT molecular complexity index is 1030. The first-order valence-electron chi connectivity index (χ1n) is 9.26. The summed E-state index contributed by atoms with van der Waals surface area (Å²) < 4.78 is 5.11. The average molecular weight is 411 g/mol. The molecule has 5 nitrogen and oxygen atoms in total. The number of nitrogens with one attached hydrogen (secondary N) is 2. The van der Waals surface area contributed by atoms with Crippen LogP contribution < -0.4 is 10.6 Å². The molecule has 2 N–H and O–H groups in total. The molecule has 0 aliphatic rings. The number of hydrogen-bond acceptors (Lipinski definition) is 3. The van der Waals surface area contributed by atoms with Crippen LogP contribution in [0.1, 0.15) is 45.9 Å². The minimum atomic E-state index is -0.363. The minimum Gasteiger partial charge on any atom is -0.459 e. The highest BCUT2D eigenvalue weighted by Gasteiger charge is 2.22. The average Bonchev–Trinajstić information content (AvgIpc) is 3.23. The van der Waals surface area contributed by atoms with Gasteiger partial charge >= 0.3 is 0 Å². The molecule has 1 heterocycles. The van der Waals surface area contributed by atoms with Crippen LogP contribution in [0.25, 0.3) is 0 Å². The zero-order chi connectivity index (χ0) is 21.0. The highest BCUT2D eigenvalue weighted by atomic mass is 35.5. The molecule has 0 spiro atoms. The molecule has 0 saturated carbocycles. The standard InChI is InChI=1S/C23H23ClN2O3/c1-15-9-10-16(12-19(15)26-22(28)20-8-5-11-29-20)21(27)25-14-23(2,3)17-6-4-7-18(24)13-17/h4-13H,14H2,1-3H3,(H,25,27)(H,26,28). The third kappa shape index (κ3) is 5.06. The molecule has 3 aromatic rings. The summed E-state index contributed by atoms with van der Waals surface area (Å²) in [5.74, 6) is -0.367. The first-order chi connectivity index (χ1) is 13.8. The van der Waals surface area contributed by atoms with E-state index in [4.69, 9.17) is 16.0 Å². The molecule has 0 atom stereocenters. The van der Waals surface area contributed by atoms with E-state index in [1.807, 2.05) is 45.0 Å². The first kappa shape index (κ1) is 20.7. The van der Waals surface area contributed by atoms with Crippen LogP contribution in [0.3, 0.4) is 0 Å². The second-order valence-corrected chi connectivity index (χ2v) is 7.97. The van der Waals surface area contributed by atoms with Crippen molar-refractivity contribution in [3.63, 3.8) is 0 Å². The van der Waals surface area contributed by atoms with E-state index in [0.717, 1.165) is 11.1 Å². The topological polar surface area (TPSA) is 71.3 Å². The van der Waals surface area contributed by atoms with Crippen LogP contribution >= 0.6 is 11.6 Å². The fraction of sp³-hybridized carbons (Fsp3) is 0.217. The molecule has 0 aliphatic heterocycles. The second-order valence-electron chi connectivity index (χ2n) is 7.54. The van der Waals surface area contributed by atoms with Gasteiger partial charge in [-0.15, -0.1) is 0 Å². The lowest BCUT2D eigenvalue weighted by Crippen LogP contribution is -2.36. The maximum Gasteiger partial charge on any atom is 0.291 e. The monoisotopic (exact) mass is 410 g/mol. The Morgan fingerprint density at radius 1 is 1.03 bits per heavy atom. The fourth-order valence-electron chi connectivity index (χ4n) is 2.90. The van der Waals surface area contributed by atoms with Gasteiger partial charge in [0.05, 0.1) is 6.26 Å². The molecule has 1 aromatic heterocycles. The number of amides is 2. The molecule has 150 valence electrons. The van der Waals surface area contributed by atoms with Gasteiger partial charge in [-0.1, -0.05) is 43.6 Å². The van der Waals surface area contributed by atoms with Crippen LogP contribution in [0.4, 0.5) is 5.69 Å². The van der Waals surface area contributed by atoms with Crippen LogP contribution in [0.5, 0.6) is 0 Å². The number of carbonyl (C=O) groups is 2. The number of anilines is 1. The van der Waals surface area contributed by atoms with E-state index < -0.39 is 0 Å². The van der Waals surface area contributed by atoms with Crippen molar-refractivity contribution in [3.05, 3.63) is 88.3 Å². The molecular formula is C23H23ClN2O3. The summed E-state index contributed by atoms with van der Waals surface area (Å²) in [7, 11) is 0. The Morgan fingerprint density at radius 3 is 2.52 bits per heavy atom. The number of aryl methyl sites for hydroxylation is 1. The maximum atomic E-state index is 12.7. The van der Waals surface area contributed by atoms with E-state index in [1.165, 1.54) is 6.26 Å². The number of halogens is 1. The van der Waals surface area contributed by atoms with Crippen LogP contribution in [0, 0.1) is 6.92 Å². The SMILES string of the molecule is Cc1ccc(C(=O)NCC(C)(C)c2cccc(Cl)c2)cc1NC(=O)c1ccco1. The van der Waals surface area contributed by atoms with Crippen molar-refractivity contribution in [2.24, 2.45) is 0 Å². The van der Waals surface area contributed by atoms with Crippen molar-refractivity contribution in [1.29, 1.82) is 0 Å². The van der Waals surface area contributed by atoms with E-state index in [1.54, 1.807) is 30.3 Å². The number of benzene rings is 2. The number of rotatable bonds is 6. The fourth-order valence-corrected chi connectivity index (χ4v) is 3.09. The van der Waals surface area contributed by atoms with Gasteiger partial charge in [0.2, 0.25) is 0 Å². The Labute approximate surface area is 175 Å². The lowest BCUT2D eigenvalue weighted by Gasteiger charge is -2.26. The normalized spacial score (nSPS) is 11.2. The summed E-state index contributed by atoms with van der Waals surface area (Å²) in [4.78, 5) is 24.9. The van der Waals surface area contributed by atoms with Crippen molar-refractivity contribution in [2.45, 2.75) is 26.2 Å². The predicted molar refractivity (Wildman–Crippen MR) is 115 cm³/mol. The molecule has 29 heavy (non-hydrogen) atoms. The van der Waals surface area contributed by atoms with Crippen LogP contribution in [-0.2, 0) is 5.41 Å². The second kappa shape index (κ2) is 8.53. The Hall–Kier alpha value is -3.05. The zero-order valence-corrected chi connectivity index (χ0v) is 17.3. The van der Waals surface area contributed by atoms with Crippen LogP contribution in [-0.4, -0.2) is 18.4 Å². The quantitative estimate of drug-likeness (QED) is 0.586. The van der Waals surface area contributed by atoms with E-state index >= 15 is 0 Å². The Balaban J connectivity index is 1.70. The summed E-state index contributed by atoms with van der Waals surface area (Å²) in [6.07, 6.45) is 1.44. The van der Waals surface area contributed by atoms with Crippen molar-refractivity contribution in [2.75, 3.05) is 11.9 Å². The number of hydrogen-bond donors (Lipinski definition) is 2. The van der Waals surface area contributed by atoms with Crippen molar-refractivity contribution in [3.8, 4) is 0 Å². The molecule has 0 saturated heterocycles. The van der Waals surface area contributed by atoms with Gasteiger partial charge in [0.1, 0.15) is 0 Å². The molecule has 6 heteroatoms. The third-order valence-electron chi connectivity index (χ3n) is 4.79. The molecular weight excluding hydrogens is 388 g/mol. The highest BCUT2D eigenvalue weighted by molar-refractivity contribution is 6.30. The lowest BCUT2D eigenvalue weighted by atomic mass is 9.84. The van der Waals surface area contributed by atoms with Crippen LogP contribution in [0.2, 0.25) is 5.02 Å². The van der Waals surface area contributed by atoms with Gasteiger partial charge in [-0.3, -0.25) is 9.59 Å². The van der Waals surface area contributed by atoms with Gasteiger partial charge < -0.3 is 15.1 Å². The number of carbonyl (C=O) groups excluding carboxylic acids is 2. The van der Waals surface area contributed by atoms with E-state index in [0.29, 0.717) is 22.8 Å². The summed E-state index contributed by atoms with van der Waals surface area (Å²) >= 11 is 6.09. The summed E-state index contributed by atoms with van der Waals surface area (Å²) in [6.45, 7) is 6.39. The molecule has 0 bridgehead atoms. The van der Waals surface area contributed by atoms with Crippen molar-refractivity contribution < 1.29 is 14.0 Å². The summed E-state index contributed by atoms with van der Waals surface area (Å²) in [5, 5.41) is 6.42. The van der Waals surface area contributed by atoms with Crippen molar-refractivity contribution in [1.82, 2.24) is 5.32 Å². The minimum absolute atomic E-state index is 0.211. The largest absolute Gasteiger partial charge is 0.459 e. The Kier molecular flexibility index (Phi) is 6.09. The molecule has 0 aliphatic carbocycles. The molecule has 0 radical (unpaired) electrons. The van der Waals surface area contributed by atoms with E-state index in [2.05, 4.69) is 10.6 Å². The summed E-state index contributed by atoms with van der Waals surface area (Å²) in [6, 6.07) is 16.0. The number of furan rings is 1. The smallest absolute Gasteiger partial charge is 0.291 e. The first-order valence-corrected chi connectivity index (χ1v) is 9.64. The van der Waals surface area contributed by atoms with Crippen molar-refractivity contribution >= 4 is 29.1 Å². The third-order valence-corrected chi connectivity index (χ3v) is 5.03. The maximum absolute atomic E-state index is 12.7. The Morgan fingerprint density at radius 2 is 1.83 bits per heavy atom. The molecule has 0 unspecified atom stereocenters. The molecule has 0 fully saturated rings. The predicted octanol–water partition coefficient (Wildman–Crippen LogP) is 5.20. The molecule has 2 amide bonds. The van der Waals surface area contributed by atoms with Gasteiger partial charge in [0.25, 0.3) is 11.8 Å². The molecule has 3 rings (SSSR count). The van der Waals surface area contributed by atoms with Gasteiger partial charge in [0.15, 0.2) is 5.76 Å². The van der Waals surface area contributed by atoms with Gasteiger partial charge in [0, 0.05) is 28.2 Å². The summed E-state index contributed by atoms with van der Waals surface area (Å²) in [5.41, 5.74) is 2.63. The van der Waals surface area contributed by atoms with E-state index in [9.17, 15) is 9.59 Å².